The van der Waals surface area contributed by atoms with Crippen molar-refractivity contribution < 1.29 is 18.0 Å². The van der Waals surface area contributed by atoms with Gasteiger partial charge >= 0.3 is 6.18 Å². The summed E-state index contributed by atoms with van der Waals surface area (Å²) in [5.74, 6) is -0.231. The third-order valence-corrected chi connectivity index (χ3v) is 2.55. The van der Waals surface area contributed by atoms with E-state index in [0.29, 0.717) is 0 Å². The Labute approximate surface area is 109 Å². The zero-order chi connectivity index (χ0) is 14.8. The molecule has 106 valence electrons. The van der Waals surface area contributed by atoms with Crippen LogP contribution in [0, 0.1) is 0 Å². The topological polar surface area (TPSA) is 58.4 Å². The lowest BCUT2D eigenvalue weighted by Gasteiger charge is -2.20. The molecule has 1 atom stereocenters. The van der Waals surface area contributed by atoms with E-state index in [1.807, 2.05) is 0 Å². The van der Waals surface area contributed by atoms with Crippen molar-refractivity contribution >= 4 is 17.3 Å². The minimum atomic E-state index is -4.52. The van der Waals surface area contributed by atoms with Crippen molar-refractivity contribution in [2.75, 3.05) is 25.1 Å². The normalized spacial score (nSPS) is 12.9. The quantitative estimate of drug-likeness (QED) is 0.831. The predicted octanol–water partition coefficient (Wildman–Crippen LogP) is 2.18. The molecule has 0 bridgehead atoms. The predicted molar refractivity (Wildman–Crippen MR) is 67.6 cm³/mol. The second kappa shape index (κ2) is 5.38. The molecule has 19 heavy (non-hydrogen) atoms. The smallest absolute Gasteiger partial charge is 0.398 e. The van der Waals surface area contributed by atoms with Gasteiger partial charge < -0.3 is 16.0 Å². The molecule has 0 spiro atoms. The van der Waals surface area contributed by atoms with Crippen LogP contribution in [0.4, 0.5) is 24.5 Å². The van der Waals surface area contributed by atoms with Crippen LogP contribution in [0.25, 0.3) is 0 Å². The van der Waals surface area contributed by atoms with Gasteiger partial charge in [0.25, 0.3) is 0 Å². The number of nitrogens with one attached hydrogen (secondary N) is 1. The molecule has 0 radical (unpaired) electrons. The van der Waals surface area contributed by atoms with E-state index in [1.165, 1.54) is 11.0 Å². The Kier molecular flexibility index (Phi) is 4.28. The van der Waals surface area contributed by atoms with Gasteiger partial charge in [-0.05, 0) is 25.1 Å². The number of halogens is 3. The average Bonchev–Trinajstić information content (AvgIpc) is 2.28. The van der Waals surface area contributed by atoms with Gasteiger partial charge in [-0.15, -0.1) is 0 Å². The molecule has 0 heterocycles. The maximum atomic E-state index is 12.7. The number of hydrogen-bond acceptors (Lipinski definition) is 3. The number of anilines is 2. The summed E-state index contributed by atoms with van der Waals surface area (Å²) >= 11 is 0. The summed E-state index contributed by atoms with van der Waals surface area (Å²) in [6.07, 6.45) is -4.52. The number of amides is 1. The molecule has 1 rings (SSSR count). The first-order valence-electron chi connectivity index (χ1n) is 5.57. The lowest BCUT2D eigenvalue weighted by atomic mass is 10.1. The number of rotatable bonds is 3. The number of nitrogens with zero attached hydrogens (tertiary/aromatic N) is 1. The standard InChI is InChI=1S/C12H16F3N3O/c1-7(11(19)18(2)3)17-8-4-5-10(16)9(6-8)12(13,14)15/h4-7,17H,16H2,1-3H3. The van der Waals surface area contributed by atoms with Crippen molar-refractivity contribution in [2.24, 2.45) is 0 Å². The number of carbonyl (C=O) groups excluding carboxylic acids is 1. The van der Waals surface area contributed by atoms with E-state index in [2.05, 4.69) is 5.32 Å². The van der Waals surface area contributed by atoms with Crippen molar-refractivity contribution in [3.05, 3.63) is 23.8 Å². The number of alkyl halides is 3. The Morgan fingerprint density at radius 2 is 1.95 bits per heavy atom. The van der Waals surface area contributed by atoms with Crippen LogP contribution in [0.5, 0.6) is 0 Å². The van der Waals surface area contributed by atoms with Gasteiger partial charge in [0, 0.05) is 25.5 Å². The third kappa shape index (κ3) is 3.77. The van der Waals surface area contributed by atoms with Gasteiger partial charge in [0.05, 0.1) is 5.56 Å². The number of nitrogens with two attached hydrogens (primary N) is 1. The zero-order valence-electron chi connectivity index (χ0n) is 10.9. The molecule has 7 heteroatoms. The first-order chi connectivity index (χ1) is 8.62. The zero-order valence-corrected chi connectivity index (χ0v) is 10.9. The second-order valence-corrected chi connectivity index (χ2v) is 4.40. The van der Waals surface area contributed by atoms with E-state index >= 15 is 0 Å². The van der Waals surface area contributed by atoms with E-state index in [-0.39, 0.29) is 17.3 Å². The highest BCUT2D eigenvalue weighted by Crippen LogP contribution is 2.35. The minimum Gasteiger partial charge on any atom is -0.398 e. The lowest BCUT2D eigenvalue weighted by Crippen LogP contribution is -2.36. The molecule has 3 N–H and O–H groups in total. The monoisotopic (exact) mass is 275 g/mol. The Morgan fingerprint density at radius 1 is 1.37 bits per heavy atom. The third-order valence-electron chi connectivity index (χ3n) is 2.55. The fourth-order valence-corrected chi connectivity index (χ4v) is 1.59. The minimum absolute atomic E-state index is 0.198. The number of benzene rings is 1. The fraction of sp³-hybridized carbons (Fsp3) is 0.417. The molecule has 0 saturated carbocycles. The summed E-state index contributed by atoms with van der Waals surface area (Å²) in [6, 6.07) is 2.84. The average molecular weight is 275 g/mol. The summed E-state index contributed by atoms with van der Waals surface area (Å²) in [6.45, 7) is 1.58. The molecule has 0 aliphatic heterocycles. The largest absolute Gasteiger partial charge is 0.418 e. The molecule has 1 unspecified atom stereocenters. The van der Waals surface area contributed by atoms with Crippen LogP contribution in [0.2, 0.25) is 0 Å². The van der Waals surface area contributed by atoms with Gasteiger partial charge in [0.2, 0.25) is 5.91 Å². The van der Waals surface area contributed by atoms with Crippen LogP contribution in [0.3, 0.4) is 0 Å². The van der Waals surface area contributed by atoms with Crippen LogP contribution in [0.15, 0.2) is 18.2 Å². The molecule has 1 aromatic carbocycles. The number of likely N-dealkylation sites (N-methyl/N-ethyl adjacent to an activating group) is 1. The van der Waals surface area contributed by atoms with Gasteiger partial charge in [0.1, 0.15) is 6.04 Å². The fourth-order valence-electron chi connectivity index (χ4n) is 1.59. The van der Waals surface area contributed by atoms with E-state index in [0.717, 1.165) is 12.1 Å². The van der Waals surface area contributed by atoms with Crippen molar-refractivity contribution in [2.45, 2.75) is 19.1 Å². The van der Waals surface area contributed by atoms with E-state index in [1.54, 1.807) is 21.0 Å². The Bertz CT molecular complexity index is 472. The summed E-state index contributed by atoms with van der Waals surface area (Å²) in [5.41, 5.74) is 4.23. The van der Waals surface area contributed by atoms with E-state index < -0.39 is 17.8 Å². The molecule has 4 nitrogen and oxygen atoms in total. The number of carbonyl (C=O) groups is 1. The molecular weight excluding hydrogens is 259 g/mol. The van der Waals surface area contributed by atoms with Crippen LogP contribution < -0.4 is 11.1 Å². The lowest BCUT2D eigenvalue weighted by molar-refractivity contribution is -0.136. The molecule has 0 fully saturated rings. The molecule has 0 aliphatic rings. The van der Waals surface area contributed by atoms with Crippen molar-refractivity contribution in [3.63, 3.8) is 0 Å². The van der Waals surface area contributed by atoms with E-state index in [9.17, 15) is 18.0 Å². The van der Waals surface area contributed by atoms with Crippen LogP contribution in [0.1, 0.15) is 12.5 Å². The highest BCUT2D eigenvalue weighted by molar-refractivity contribution is 5.84. The van der Waals surface area contributed by atoms with Gasteiger partial charge in [-0.1, -0.05) is 0 Å². The first-order valence-corrected chi connectivity index (χ1v) is 5.57. The summed E-state index contributed by atoms with van der Waals surface area (Å²) in [5, 5.41) is 2.72. The molecule has 0 aromatic heterocycles. The number of hydrogen-bond donors (Lipinski definition) is 2. The summed E-state index contributed by atoms with van der Waals surface area (Å²) in [7, 11) is 3.15. The van der Waals surface area contributed by atoms with Gasteiger partial charge in [0.15, 0.2) is 0 Å². The first kappa shape index (κ1) is 15.1. The SMILES string of the molecule is CC(Nc1ccc(N)c(C(F)(F)F)c1)C(=O)N(C)C. The van der Waals surface area contributed by atoms with Crippen LogP contribution in [-0.4, -0.2) is 30.9 Å². The maximum absolute atomic E-state index is 12.7. The molecule has 0 aliphatic carbocycles. The number of nitrogen functional groups attached to an aromatic ring is 1. The molecule has 1 aromatic rings. The Morgan fingerprint density at radius 3 is 2.42 bits per heavy atom. The van der Waals surface area contributed by atoms with E-state index in [4.69, 9.17) is 5.73 Å². The maximum Gasteiger partial charge on any atom is 0.418 e. The highest BCUT2D eigenvalue weighted by Gasteiger charge is 2.33. The van der Waals surface area contributed by atoms with Crippen molar-refractivity contribution in [3.8, 4) is 0 Å². The van der Waals surface area contributed by atoms with Crippen molar-refractivity contribution in [1.82, 2.24) is 4.90 Å². The van der Waals surface area contributed by atoms with Gasteiger partial charge in [-0.25, -0.2) is 0 Å². The van der Waals surface area contributed by atoms with Crippen LogP contribution >= 0.6 is 0 Å². The summed E-state index contributed by atoms with van der Waals surface area (Å²) in [4.78, 5) is 13.0. The Hall–Kier alpha value is -1.92. The van der Waals surface area contributed by atoms with Gasteiger partial charge in [-0.2, -0.15) is 13.2 Å². The molecule has 0 saturated heterocycles. The van der Waals surface area contributed by atoms with Gasteiger partial charge in [-0.3, -0.25) is 4.79 Å². The molecular formula is C12H16F3N3O. The highest BCUT2D eigenvalue weighted by atomic mass is 19.4. The second-order valence-electron chi connectivity index (χ2n) is 4.40. The molecule has 1 amide bonds. The van der Waals surface area contributed by atoms with Crippen LogP contribution in [-0.2, 0) is 11.0 Å². The Balaban J connectivity index is 2.95. The van der Waals surface area contributed by atoms with Crippen molar-refractivity contribution in [1.29, 1.82) is 0 Å². The summed E-state index contributed by atoms with van der Waals surface area (Å²) < 4.78 is 38.0.